The van der Waals surface area contributed by atoms with Gasteiger partial charge in [0.15, 0.2) is 0 Å². The lowest BCUT2D eigenvalue weighted by Gasteiger charge is -2.06. The van der Waals surface area contributed by atoms with E-state index >= 15 is 0 Å². The van der Waals surface area contributed by atoms with Crippen LogP contribution in [0.5, 0.6) is 11.5 Å². The molecule has 0 aliphatic rings. The minimum Gasteiger partial charge on any atom is -0.494 e. The van der Waals surface area contributed by atoms with Crippen LogP contribution in [0.1, 0.15) is 29.3 Å². The summed E-state index contributed by atoms with van der Waals surface area (Å²) in [5.41, 5.74) is 2.19. The minimum absolute atomic E-state index is 0.412. The summed E-state index contributed by atoms with van der Waals surface area (Å²) in [7, 11) is 0. The fraction of sp³-hybridized carbons (Fsp3) is 0.130. The van der Waals surface area contributed by atoms with E-state index in [0.717, 1.165) is 27.9 Å². The highest BCUT2D eigenvalue weighted by atomic mass is 79.9. The summed E-state index contributed by atoms with van der Waals surface area (Å²) in [6.07, 6.45) is 2.76. The first-order valence-corrected chi connectivity index (χ1v) is 9.78. The number of hydrogen-bond acceptors (Lipinski definition) is 4. The van der Waals surface area contributed by atoms with Crippen molar-refractivity contribution in [3.05, 3.63) is 88.4 Å². The van der Waals surface area contributed by atoms with E-state index in [0.29, 0.717) is 17.9 Å². The first kappa shape index (κ1) is 19.8. The molecule has 3 aromatic carbocycles. The number of carbonyl (C=O) groups is 1. The molecule has 0 fully saturated rings. The van der Waals surface area contributed by atoms with Gasteiger partial charge < -0.3 is 9.47 Å². The van der Waals surface area contributed by atoms with Gasteiger partial charge in [-0.3, -0.25) is 4.99 Å². The molecular formula is C23H20BrNO3. The summed E-state index contributed by atoms with van der Waals surface area (Å²) >= 11 is 3.36. The Hall–Kier alpha value is -2.92. The summed E-state index contributed by atoms with van der Waals surface area (Å²) in [6, 6.07) is 22.0. The van der Waals surface area contributed by atoms with Crippen LogP contribution in [0.2, 0.25) is 0 Å². The van der Waals surface area contributed by atoms with Crippen LogP contribution in [0.15, 0.2) is 82.3 Å². The molecule has 3 rings (SSSR count). The van der Waals surface area contributed by atoms with E-state index in [1.807, 2.05) is 42.5 Å². The zero-order chi connectivity index (χ0) is 19.8. The average molecular weight is 438 g/mol. The van der Waals surface area contributed by atoms with Gasteiger partial charge in [0.25, 0.3) is 0 Å². The van der Waals surface area contributed by atoms with Gasteiger partial charge in [-0.1, -0.05) is 19.1 Å². The molecule has 0 aliphatic carbocycles. The highest BCUT2D eigenvalue weighted by Gasteiger charge is 2.10. The Morgan fingerprint density at radius 1 is 1.00 bits per heavy atom. The molecule has 0 saturated carbocycles. The fourth-order valence-corrected chi connectivity index (χ4v) is 2.75. The summed E-state index contributed by atoms with van der Waals surface area (Å²) < 4.78 is 11.7. The number of halogens is 1. The number of ether oxygens (including phenoxy) is 2. The lowest BCUT2D eigenvalue weighted by molar-refractivity contribution is 0.0733. The van der Waals surface area contributed by atoms with Crippen LogP contribution < -0.4 is 9.47 Å². The predicted molar refractivity (Wildman–Crippen MR) is 115 cm³/mol. The molecule has 0 atom stereocenters. The van der Waals surface area contributed by atoms with Crippen LogP contribution in [-0.2, 0) is 0 Å². The van der Waals surface area contributed by atoms with Gasteiger partial charge in [0.2, 0.25) is 0 Å². The Labute approximate surface area is 173 Å². The van der Waals surface area contributed by atoms with Crippen molar-refractivity contribution in [3.8, 4) is 11.5 Å². The van der Waals surface area contributed by atoms with Gasteiger partial charge in [-0.2, -0.15) is 0 Å². The number of nitrogens with zero attached hydrogens (tertiary/aromatic N) is 1. The van der Waals surface area contributed by atoms with Gasteiger partial charge in [0, 0.05) is 6.21 Å². The Bertz CT molecular complexity index is 950. The highest BCUT2D eigenvalue weighted by Crippen LogP contribution is 2.25. The Morgan fingerprint density at radius 2 is 1.71 bits per heavy atom. The van der Waals surface area contributed by atoms with E-state index in [2.05, 4.69) is 27.8 Å². The molecule has 3 aromatic rings. The molecule has 0 saturated heterocycles. The third-order valence-electron chi connectivity index (χ3n) is 3.86. The maximum Gasteiger partial charge on any atom is 0.343 e. The van der Waals surface area contributed by atoms with Crippen LogP contribution in [0.4, 0.5) is 5.69 Å². The molecule has 0 heterocycles. The summed E-state index contributed by atoms with van der Waals surface area (Å²) in [5.74, 6) is 0.929. The Morgan fingerprint density at radius 3 is 2.39 bits per heavy atom. The average Bonchev–Trinajstić information content (AvgIpc) is 2.73. The molecule has 5 heteroatoms. The second-order valence-electron chi connectivity index (χ2n) is 6.04. The van der Waals surface area contributed by atoms with E-state index in [9.17, 15) is 4.79 Å². The van der Waals surface area contributed by atoms with Gasteiger partial charge in [-0.25, -0.2) is 4.79 Å². The van der Waals surface area contributed by atoms with E-state index in [1.165, 1.54) is 0 Å². The number of rotatable bonds is 7. The number of esters is 1. The Kier molecular flexibility index (Phi) is 6.98. The molecule has 0 amide bonds. The van der Waals surface area contributed by atoms with Crippen molar-refractivity contribution >= 4 is 33.8 Å². The zero-order valence-electron chi connectivity index (χ0n) is 15.5. The molecule has 0 bridgehead atoms. The molecule has 28 heavy (non-hydrogen) atoms. The molecule has 0 radical (unpaired) electrons. The molecule has 0 aliphatic heterocycles. The van der Waals surface area contributed by atoms with Gasteiger partial charge in [0.1, 0.15) is 11.5 Å². The number of aliphatic imine (C=N–C) groups is 1. The van der Waals surface area contributed by atoms with E-state index < -0.39 is 5.97 Å². The van der Waals surface area contributed by atoms with E-state index in [1.54, 1.807) is 36.5 Å². The Balaban J connectivity index is 1.61. The van der Waals surface area contributed by atoms with Crippen molar-refractivity contribution in [1.29, 1.82) is 0 Å². The minimum atomic E-state index is -0.412. The summed E-state index contributed by atoms with van der Waals surface area (Å²) in [6.45, 7) is 2.79. The monoisotopic (exact) mass is 437 g/mol. The lowest BCUT2D eigenvalue weighted by Crippen LogP contribution is -2.08. The maximum atomic E-state index is 12.3. The first-order chi connectivity index (χ1) is 13.7. The molecule has 142 valence electrons. The topological polar surface area (TPSA) is 47.9 Å². The maximum absolute atomic E-state index is 12.3. The van der Waals surface area contributed by atoms with Crippen molar-refractivity contribution in [2.75, 3.05) is 6.61 Å². The van der Waals surface area contributed by atoms with E-state index in [4.69, 9.17) is 9.47 Å². The number of benzene rings is 3. The smallest absolute Gasteiger partial charge is 0.343 e. The zero-order valence-corrected chi connectivity index (χ0v) is 17.1. The SMILES string of the molecule is CCCOc1ccc(C=Nc2ccc(C(=O)Oc3ccccc3Br)cc2)cc1. The van der Waals surface area contributed by atoms with Crippen molar-refractivity contribution in [2.24, 2.45) is 4.99 Å². The third kappa shape index (κ3) is 5.54. The van der Waals surface area contributed by atoms with Crippen molar-refractivity contribution in [1.82, 2.24) is 0 Å². The molecule has 0 unspecified atom stereocenters. The van der Waals surface area contributed by atoms with Crippen LogP contribution in [0.3, 0.4) is 0 Å². The van der Waals surface area contributed by atoms with Gasteiger partial charge in [-0.05, 0) is 88.6 Å². The molecule has 0 N–H and O–H groups in total. The largest absolute Gasteiger partial charge is 0.494 e. The standard InChI is InChI=1S/C23H20BrNO3/c1-2-15-27-20-13-7-17(8-14-20)16-25-19-11-9-18(10-12-19)23(26)28-22-6-4-3-5-21(22)24/h3-14,16H,2,15H2,1H3. The number of hydrogen-bond donors (Lipinski definition) is 0. The van der Waals surface area contributed by atoms with Gasteiger partial charge >= 0.3 is 5.97 Å². The normalized spacial score (nSPS) is 10.8. The molecule has 0 aromatic heterocycles. The predicted octanol–water partition coefficient (Wildman–Crippen LogP) is 6.21. The number of para-hydroxylation sites is 1. The van der Waals surface area contributed by atoms with Crippen molar-refractivity contribution < 1.29 is 14.3 Å². The molecule has 0 spiro atoms. The van der Waals surface area contributed by atoms with Crippen LogP contribution in [0.25, 0.3) is 0 Å². The fourth-order valence-electron chi connectivity index (χ4n) is 2.39. The van der Waals surface area contributed by atoms with Gasteiger partial charge in [-0.15, -0.1) is 0 Å². The summed E-state index contributed by atoms with van der Waals surface area (Å²) in [4.78, 5) is 16.7. The number of carbonyl (C=O) groups excluding carboxylic acids is 1. The second kappa shape index (κ2) is 9.85. The molecule has 4 nitrogen and oxygen atoms in total. The van der Waals surface area contributed by atoms with E-state index in [-0.39, 0.29) is 0 Å². The second-order valence-corrected chi connectivity index (χ2v) is 6.90. The van der Waals surface area contributed by atoms with Crippen LogP contribution in [-0.4, -0.2) is 18.8 Å². The van der Waals surface area contributed by atoms with Crippen molar-refractivity contribution in [3.63, 3.8) is 0 Å². The summed E-state index contributed by atoms with van der Waals surface area (Å²) in [5, 5.41) is 0. The third-order valence-corrected chi connectivity index (χ3v) is 4.51. The quantitative estimate of drug-likeness (QED) is 0.250. The highest BCUT2D eigenvalue weighted by molar-refractivity contribution is 9.10. The first-order valence-electron chi connectivity index (χ1n) is 8.99. The van der Waals surface area contributed by atoms with Crippen LogP contribution >= 0.6 is 15.9 Å². The lowest BCUT2D eigenvalue weighted by atomic mass is 10.2. The van der Waals surface area contributed by atoms with Crippen LogP contribution in [0, 0.1) is 0 Å². The van der Waals surface area contributed by atoms with Crippen molar-refractivity contribution in [2.45, 2.75) is 13.3 Å². The van der Waals surface area contributed by atoms with Gasteiger partial charge in [0.05, 0.1) is 22.3 Å². The molecular weight excluding hydrogens is 418 g/mol.